The average molecular weight is 562 g/mol. The maximum absolute atomic E-state index is 12.3. The van der Waals surface area contributed by atoms with E-state index in [9.17, 15) is 15.0 Å². The van der Waals surface area contributed by atoms with Gasteiger partial charge in [-0.15, -0.1) is 0 Å². The molecule has 0 rings (SSSR count). The maximum Gasteiger partial charge on any atom is 0.220 e. The van der Waals surface area contributed by atoms with Gasteiger partial charge in [0.05, 0.1) is 18.8 Å². The zero-order chi connectivity index (χ0) is 29.4. The zero-order valence-corrected chi connectivity index (χ0v) is 26.6. The number of hydrogen-bond donors (Lipinski definition) is 3. The molecule has 0 aliphatic carbocycles. The summed E-state index contributed by atoms with van der Waals surface area (Å²) in [5.41, 5.74) is 0. The van der Waals surface area contributed by atoms with Gasteiger partial charge < -0.3 is 15.5 Å². The van der Waals surface area contributed by atoms with Crippen molar-refractivity contribution in [3.05, 3.63) is 36.5 Å². The number of allylic oxidation sites excluding steroid dienone is 5. The lowest BCUT2D eigenvalue weighted by molar-refractivity contribution is -0.123. The van der Waals surface area contributed by atoms with E-state index in [1.165, 1.54) is 103 Å². The molecule has 234 valence electrons. The molecule has 0 spiro atoms. The number of nitrogens with one attached hydrogen (secondary N) is 1. The van der Waals surface area contributed by atoms with E-state index in [1.807, 2.05) is 6.08 Å². The van der Waals surface area contributed by atoms with Crippen LogP contribution in [0.1, 0.15) is 168 Å². The maximum atomic E-state index is 12.3. The fourth-order valence-electron chi connectivity index (χ4n) is 4.89. The number of aliphatic hydroxyl groups excluding tert-OH is 2. The summed E-state index contributed by atoms with van der Waals surface area (Å²) in [5.74, 6) is -0.0862. The summed E-state index contributed by atoms with van der Waals surface area (Å²) in [6.45, 7) is 4.25. The van der Waals surface area contributed by atoms with Crippen molar-refractivity contribution in [1.82, 2.24) is 5.32 Å². The molecule has 4 heteroatoms. The van der Waals surface area contributed by atoms with Gasteiger partial charge in [0, 0.05) is 6.42 Å². The molecule has 1 amide bonds. The monoisotopic (exact) mass is 562 g/mol. The fourth-order valence-corrected chi connectivity index (χ4v) is 4.89. The molecule has 0 aliphatic heterocycles. The van der Waals surface area contributed by atoms with Crippen LogP contribution in [0.2, 0.25) is 0 Å². The third-order valence-corrected chi connectivity index (χ3v) is 7.60. The first-order chi connectivity index (χ1) is 19.7. The smallest absolute Gasteiger partial charge is 0.220 e. The average Bonchev–Trinajstić information content (AvgIpc) is 2.96. The van der Waals surface area contributed by atoms with Crippen LogP contribution in [0.15, 0.2) is 36.5 Å². The predicted octanol–water partition coefficient (Wildman–Crippen LogP) is 9.90. The van der Waals surface area contributed by atoms with E-state index < -0.39 is 12.1 Å². The number of rotatable bonds is 30. The second-order valence-electron chi connectivity index (χ2n) is 11.6. The van der Waals surface area contributed by atoms with Crippen LogP contribution in [0.4, 0.5) is 0 Å². The first-order valence-electron chi connectivity index (χ1n) is 17.2. The zero-order valence-electron chi connectivity index (χ0n) is 26.6. The molecule has 4 nitrogen and oxygen atoms in total. The molecule has 0 saturated heterocycles. The highest BCUT2D eigenvalue weighted by Gasteiger charge is 2.17. The second-order valence-corrected chi connectivity index (χ2v) is 11.6. The molecular weight excluding hydrogens is 494 g/mol. The summed E-state index contributed by atoms with van der Waals surface area (Å²) in [6.07, 6.45) is 40.8. The van der Waals surface area contributed by atoms with Gasteiger partial charge in [0.15, 0.2) is 0 Å². The van der Waals surface area contributed by atoms with Gasteiger partial charge in [0.25, 0.3) is 0 Å². The summed E-state index contributed by atoms with van der Waals surface area (Å²) in [4.78, 5) is 12.3. The number of carbonyl (C=O) groups is 1. The molecule has 2 atom stereocenters. The topological polar surface area (TPSA) is 69.6 Å². The van der Waals surface area contributed by atoms with Crippen molar-refractivity contribution in [1.29, 1.82) is 0 Å². The Morgan fingerprint density at radius 3 is 1.48 bits per heavy atom. The van der Waals surface area contributed by atoms with E-state index >= 15 is 0 Å². The van der Waals surface area contributed by atoms with Crippen molar-refractivity contribution < 1.29 is 15.0 Å². The number of hydrogen-bond acceptors (Lipinski definition) is 3. The van der Waals surface area contributed by atoms with Gasteiger partial charge >= 0.3 is 0 Å². The lowest BCUT2D eigenvalue weighted by Crippen LogP contribution is -2.45. The Hall–Kier alpha value is -1.39. The molecule has 0 aromatic carbocycles. The van der Waals surface area contributed by atoms with Gasteiger partial charge in [-0.3, -0.25) is 4.79 Å². The SMILES string of the molecule is CCCCCC/C=C/CCCCCCCC(=O)N[C@@H](CO)[C@H](O)/C=C/CC/C=C/CCCCCCCCCCC. The largest absolute Gasteiger partial charge is 0.394 e. The van der Waals surface area contributed by atoms with Crippen LogP contribution >= 0.6 is 0 Å². The van der Waals surface area contributed by atoms with Crippen LogP contribution in [0, 0.1) is 0 Å². The Morgan fingerprint density at radius 2 is 0.975 bits per heavy atom. The van der Waals surface area contributed by atoms with Gasteiger partial charge in [0.2, 0.25) is 5.91 Å². The molecule has 0 heterocycles. The summed E-state index contributed by atoms with van der Waals surface area (Å²) >= 11 is 0. The fraction of sp³-hybridized carbons (Fsp3) is 0.806. The van der Waals surface area contributed by atoms with Crippen LogP contribution in [0.25, 0.3) is 0 Å². The predicted molar refractivity (Wildman–Crippen MR) is 175 cm³/mol. The number of amides is 1. The molecule has 0 aromatic rings. The van der Waals surface area contributed by atoms with Crippen molar-refractivity contribution >= 4 is 5.91 Å². The van der Waals surface area contributed by atoms with E-state index in [2.05, 4.69) is 43.5 Å². The molecule has 40 heavy (non-hydrogen) atoms. The minimum absolute atomic E-state index is 0.0862. The van der Waals surface area contributed by atoms with E-state index in [1.54, 1.807) is 6.08 Å². The third-order valence-electron chi connectivity index (χ3n) is 7.60. The van der Waals surface area contributed by atoms with Crippen LogP contribution in [-0.2, 0) is 4.79 Å². The minimum Gasteiger partial charge on any atom is -0.394 e. The van der Waals surface area contributed by atoms with Crippen molar-refractivity contribution in [2.45, 2.75) is 180 Å². The molecular formula is C36H67NO3. The van der Waals surface area contributed by atoms with Crippen molar-refractivity contribution in [2.24, 2.45) is 0 Å². The Morgan fingerprint density at radius 1 is 0.575 bits per heavy atom. The van der Waals surface area contributed by atoms with Crippen molar-refractivity contribution in [3.63, 3.8) is 0 Å². The number of unbranched alkanes of at least 4 members (excludes halogenated alkanes) is 19. The summed E-state index contributed by atoms with van der Waals surface area (Å²) < 4.78 is 0. The van der Waals surface area contributed by atoms with E-state index in [-0.39, 0.29) is 12.5 Å². The van der Waals surface area contributed by atoms with E-state index in [0.29, 0.717) is 6.42 Å². The van der Waals surface area contributed by atoms with Gasteiger partial charge in [-0.1, -0.05) is 140 Å². The van der Waals surface area contributed by atoms with Crippen LogP contribution in [0.5, 0.6) is 0 Å². The van der Waals surface area contributed by atoms with Crippen molar-refractivity contribution in [3.8, 4) is 0 Å². The normalized spacial score (nSPS) is 13.6. The van der Waals surface area contributed by atoms with Crippen molar-refractivity contribution in [2.75, 3.05) is 6.61 Å². The molecule has 0 unspecified atom stereocenters. The summed E-state index contributed by atoms with van der Waals surface area (Å²) in [7, 11) is 0. The highest BCUT2D eigenvalue weighted by Crippen LogP contribution is 2.12. The van der Waals surface area contributed by atoms with Crippen LogP contribution in [-0.4, -0.2) is 34.9 Å². The molecule has 0 aliphatic rings. The number of carbonyl (C=O) groups excluding carboxylic acids is 1. The Kier molecular flexibility index (Phi) is 31.0. The Bertz CT molecular complexity index is 613. The van der Waals surface area contributed by atoms with Gasteiger partial charge in [-0.25, -0.2) is 0 Å². The summed E-state index contributed by atoms with van der Waals surface area (Å²) in [5, 5.41) is 22.8. The summed E-state index contributed by atoms with van der Waals surface area (Å²) in [6, 6.07) is -0.639. The Labute approximate surface area is 249 Å². The molecule has 3 N–H and O–H groups in total. The van der Waals surface area contributed by atoms with E-state index in [0.717, 1.165) is 44.9 Å². The highest BCUT2D eigenvalue weighted by atomic mass is 16.3. The van der Waals surface area contributed by atoms with Crippen LogP contribution in [0.3, 0.4) is 0 Å². The lowest BCUT2D eigenvalue weighted by Gasteiger charge is -2.19. The molecule has 0 saturated carbocycles. The Balaban J connectivity index is 3.72. The van der Waals surface area contributed by atoms with Gasteiger partial charge in [-0.2, -0.15) is 0 Å². The number of aliphatic hydroxyl groups is 2. The lowest BCUT2D eigenvalue weighted by atomic mass is 10.1. The molecule has 0 aromatic heterocycles. The quantitative estimate of drug-likeness (QED) is 0.0603. The molecule has 0 bridgehead atoms. The van der Waals surface area contributed by atoms with E-state index in [4.69, 9.17) is 0 Å². The third kappa shape index (κ3) is 28.1. The first-order valence-corrected chi connectivity index (χ1v) is 17.2. The minimum atomic E-state index is -0.861. The second kappa shape index (κ2) is 32.1. The highest BCUT2D eigenvalue weighted by molar-refractivity contribution is 5.76. The van der Waals surface area contributed by atoms with Gasteiger partial charge in [0.1, 0.15) is 0 Å². The molecule has 0 radical (unpaired) electrons. The van der Waals surface area contributed by atoms with Crippen LogP contribution < -0.4 is 5.32 Å². The molecule has 0 fully saturated rings. The standard InChI is InChI=1S/C36H67NO3/c1-3-5-7-9-11-13-15-17-18-20-21-23-25-27-29-31-35(39)34(33-38)37-36(40)32-30-28-26-24-22-19-16-14-12-10-8-6-4-2/h14,16,21,23,29,31,34-35,38-39H,3-13,15,17-20,22,24-28,30,32-33H2,1-2H3,(H,37,40)/b16-14+,23-21+,31-29+/t34-,35+/m0/s1. The van der Waals surface area contributed by atoms with Gasteiger partial charge in [-0.05, 0) is 57.8 Å². The first kappa shape index (κ1) is 38.6.